The van der Waals surface area contributed by atoms with Crippen molar-refractivity contribution in [3.63, 3.8) is 0 Å². The average Bonchev–Trinajstić information content (AvgIpc) is 2.67. The van der Waals surface area contributed by atoms with E-state index < -0.39 is 5.60 Å². The lowest BCUT2D eigenvalue weighted by Crippen LogP contribution is -2.51. The molecule has 25 heavy (non-hydrogen) atoms. The van der Waals surface area contributed by atoms with Gasteiger partial charge in [0.1, 0.15) is 18.0 Å². The maximum absolute atomic E-state index is 12.6. The fraction of sp³-hybridized carbons (Fsp3) is 0.632. The summed E-state index contributed by atoms with van der Waals surface area (Å²) in [7, 11) is 1.61. The van der Waals surface area contributed by atoms with Gasteiger partial charge in [-0.1, -0.05) is 13.8 Å². The summed E-state index contributed by atoms with van der Waals surface area (Å²) in [5.41, 5.74) is 0.0283. The Bertz CT molecular complexity index is 523. The standard InChI is InChI=1S/C19H31N3O3/c1-4-22(5-2)14-15-25-17-8-6-16(7-9-17)21-18(23)19(24-3)10-12-20-13-11-19/h6-9,20H,4-5,10-15H2,1-3H3,(H,21,23). The van der Waals surface area contributed by atoms with Gasteiger partial charge in [0.2, 0.25) is 0 Å². The lowest BCUT2D eigenvalue weighted by atomic mass is 9.91. The molecule has 2 N–H and O–H groups in total. The maximum atomic E-state index is 12.6. The van der Waals surface area contributed by atoms with Crippen molar-refractivity contribution in [2.45, 2.75) is 32.3 Å². The number of nitrogens with zero attached hydrogens (tertiary/aromatic N) is 1. The monoisotopic (exact) mass is 349 g/mol. The number of anilines is 1. The average molecular weight is 349 g/mol. The predicted octanol–water partition coefficient (Wildman–Crippen LogP) is 2.11. The quantitative estimate of drug-likeness (QED) is 0.715. The van der Waals surface area contributed by atoms with Gasteiger partial charge in [-0.25, -0.2) is 0 Å². The lowest BCUT2D eigenvalue weighted by Gasteiger charge is -2.34. The minimum Gasteiger partial charge on any atom is -0.492 e. The number of hydrogen-bond donors (Lipinski definition) is 2. The third-order valence-corrected chi connectivity index (χ3v) is 4.90. The van der Waals surface area contributed by atoms with Crippen LogP contribution in [0.1, 0.15) is 26.7 Å². The first-order valence-corrected chi connectivity index (χ1v) is 9.16. The zero-order chi connectivity index (χ0) is 18.1. The number of methoxy groups -OCH3 is 1. The molecule has 0 saturated carbocycles. The molecule has 1 aromatic carbocycles. The largest absolute Gasteiger partial charge is 0.492 e. The Morgan fingerprint density at radius 2 is 1.84 bits per heavy atom. The highest BCUT2D eigenvalue weighted by Crippen LogP contribution is 2.25. The van der Waals surface area contributed by atoms with Crippen molar-refractivity contribution < 1.29 is 14.3 Å². The van der Waals surface area contributed by atoms with Crippen LogP contribution < -0.4 is 15.4 Å². The maximum Gasteiger partial charge on any atom is 0.256 e. The van der Waals surface area contributed by atoms with E-state index >= 15 is 0 Å². The van der Waals surface area contributed by atoms with E-state index in [0.717, 1.165) is 44.2 Å². The molecule has 0 spiro atoms. The first-order chi connectivity index (χ1) is 12.1. The van der Waals surface area contributed by atoms with E-state index in [1.54, 1.807) is 7.11 Å². The summed E-state index contributed by atoms with van der Waals surface area (Å²) in [6.45, 7) is 9.51. The number of benzene rings is 1. The molecule has 1 aliphatic heterocycles. The van der Waals surface area contributed by atoms with Gasteiger partial charge in [-0.3, -0.25) is 4.79 Å². The van der Waals surface area contributed by atoms with E-state index in [1.165, 1.54) is 0 Å². The zero-order valence-electron chi connectivity index (χ0n) is 15.6. The molecule has 0 bridgehead atoms. The number of ether oxygens (including phenoxy) is 2. The van der Waals surface area contributed by atoms with E-state index in [2.05, 4.69) is 29.4 Å². The number of carbonyl (C=O) groups is 1. The minimum absolute atomic E-state index is 0.0771. The molecular formula is C19H31N3O3. The molecule has 0 aromatic heterocycles. The topological polar surface area (TPSA) is 62.8 Å². The Hall–Kier alpha value is -1.63. The van der Waals surface area contributed by atoms with Crippen molar-refractivity contribution in [2.75, 3.05) is 51.8 Å². The van der Waals surface area contributed by atoms with Crippen molar-refractivity contribution in [1.29, 1.82) is 0 Å². The van der Waals surface area contributed by atoms with Crippen LogP contribution in [0, 0.1) is 0 Å². The normalized spacial score (nSPS) is 16.6. The van der Waals surface area contributed by atoms with Gasteiger partial charge >= 0.3 is 0 Å². The number of rotatable bonds is 9. The number of nitrogens with one attached hydrogen (secondary N) is 2. The SMILES string of the molecule is CCN(CC)CCOc1ccc(NC(=O)C2(OC)CCNCC2)cc1. The highest BCUT2D eigenvalue weighted by atomic mass is 16.5. The summed E-state index contributed by atoms with van der Waals surface area (Å²) in [6.07, 6.45) is 1.36. The Morgan fingerprint density at radius 1 is 1.20 bits per heavy atom. The first kappa shape index (κ1) is 19.7. The van der Waals surface area contributed by atoms with Crippen LogP contribution in [0.4, 0.5) is 5.69 Å². The molecular weight excluding hydrogens is 318 g/mol. The second-order valence-corrected chi connectivity index (χ2v) is 6.30. The fourth-order valence-corrected chi connectivity index (χ4v) is 3.07. The number of likely N-dealkylation sites (N-methyl/N-ethyl adjacent to an activating group) is 1. The Kier molecular flexibility index (Phi) is 7.68. The summed E-state index contributed by atoms with van der Waals surface area (Å²) in [5, 5.41) is 6.22. The Balaban J connectivity index is 1.86. The van der Waals surface area contributed by atoms with Crippen molar-refractivity contribution >= 4 is 11.6 Å². The molecule has 2 rings (SSSR count). The van der Waals surface area contributed by atoms with Crippen LogP contribution in [0.2, 0.25) is 0 Å². The highest BCUT2D eigenvalue weighted by Gasteiger charge is 2.39. The van der Waals surface area contributed by atoms with Gasteiger partial charge in [0.05, 0.1) is 0 Å². The van der Waals surface area contributed by atoms with E-state index in [0.29, 0.717) is 19.4 Å². The van der Waals surface area contributed by atoms with Crippen molar-refractivity contribution in [3.8, 4) is 5.75 Å². The number of carbonyl (C=O) groups excluding carboxylic acids is 1. The van der Waals surface area contributed by atoms with Crippen LogP contribution >= 0.6 is 0 Å². The minimum atomic E-state index is -0.732. The Labute approximate surface area is 150 Å². The summed E-state index contributed by atoms with van der Waals surface area (Å²) in [6, 6.07) is 7.52. The van der Waals surface area contributed by atoms with E-state index in [9.17, 15) is 4.79 Å². The first-order valence-electron chi connectivity index (χ1n) is 9.16. The zero-order valence-corrected chi connectivity index (χ0v) is 15.6. The van der Waals surface area contributed by atoms with Gasteiger partial charge < -0.3 is 25.0 Å². The molecule has 0 aliphatic carbocycles. The smallest absolute Gasteiger partial charge is 0.256 e. The van der Waals surface area contributed by atoms with Crippen molar-refractivity contribution in [3.05, 3.63) is 24.3 Å². The van der Waals surface area contributed by atoms with Gasteiger partial charge in [0.25, 0.3) is 5.91 Å². The van der Waals surface area contributed by atoms with E-state index in [1.807, 2.05) is 24.3 Å². The van der Waals surface area contributed by atoms with Gasteiger partial charge in [-0.05, 0) is 63.3 Å². The molecule has 0 atom stereocenters. The summed E-state index contributed by atoms with van der Waals surface area (Å²) >= 11 is 0. The van der Waals surface area contributed by atoms with E-state index in [4.69, 9.17) is 9.47 Å². The molecule has 1 aromatic rings. The molecule has 6 heteroatoms. The van der Waals surface area contributed by atoms with Gasteiger partial charge in [0.15, 0.2) is 0 Å². The summed E-state index contributed by atoms with van der Waals surface area (Å²) in [5.74, 6) is 0.736. The van der Waals surface area contributed by atoms with Crippen LogP contribution in [-0.2, 0) is 9.53 Å². The molecule has 1 saturated heterocycles. The molecule has 0 unspecified atom stereocenters. The number of hydrogen-bond acceptors (Lipinski definition) is 5. The van der Waals surface area contributed by atoms with Gasteiger partial charge in [0, 0.05) is 19.3 Å². The lowest BCUT2D eigenvalue weighted by molar-refractivity contribution is -0.140. The molecule has 1 amide bonds. The summed E-state index contributed by atoms with van der Waals surface area (Å²) in [4.78, 5) is 14.9. The van der Waals surface area contributed by atoms with Crippen LogP contribution in [0.25, 0.3) is 0 Å². The van der Waals surface area contributed by atoms with Crippen LogP contribution in [0.15, 0.2) is 24.3 Å². The third kappa shape index (κ3) is 5.42. The Morgan fingerprint density at radius 3 is 2.40 bits per heavy atom. The predicted molar refractivity (Wildman–Crippen MR) is 100 cm³/mol. The molecule has 140 valence electrons. The molecule has 0 radical (unpaired) electrons. The number of piperidine rings is 1. The van der Waals surface area contributed by atoms with Crippen LogP contribution in [0.3, 0.4) is 0 Å². The van der Waals surface area contributed by atoms with Crippen molar-refractivity contribution in [1.82, 2.24) is 10.2 Å². The molecule has 1 aliphatic rings. The highest BCUT2D eigenvalue weighted by molar-refractivity contribution is 5.97. The number of amides is 1. The van der Waals surface area contributed by atoms with Crippen molar-refractivity contribution in [2.24, 2.45) is 0 Å². The second-order valence-electron chi connectivity index (χ2n) is 6.30. The van der Waals surface area contributed by atoms with E-state index in [-0.39, 0.29) is 5.91 Å². The van der Waals surface area contributed by atoms with Gasteiger partial charge in [-0.2, -0.15) is 0 Å². The van der Waals surface area contributed by atoms with Gasteiger partial charge in [-0.15, -0.1) is 0 Å². The summed E-state index contributed by atoms with van der Waals surface area (Å²) < 4.78 is 11.3. The molecule has 1 heterocycles. The molecule has 6 nitrogen and oxygen atoms in total. The fourth-order valence-electron chi connectivity index (χ4n) is 3.07. The van der Waals surface area contributed by atoms with Crippen LogP contribution in [0.5, 0.6) is 5.75 Å². The molecule has 1 fully saturated rings. The second kappa shape index (κ2) is 9.75. The van der Waals surface area contributed by atoms with Crippen LogP contribution in [-0.4, -0.2) is 62.8 Å². The third-order valence-electron chi connectivity index (χ3n) is 4.90.